The van der Waals surface area contributed by atoms with Gasteiger partial charge in [0.1, 0.15) is 0 Å². The third-order valence-corrected chi connectivity index (χ3v) is 2.64. The minimum atomic E-state index is -4.53. The van der Waals surface area contributed by atoms with Crippen molar-refractivity contribution in [3.63, 3.8) is 0 Å². The van der Waals surface area contributed by atoms with Crippen LogP contribution in [0.3, 0.4) is 0 Å². The summed E-state index contributed by atoms with van der Waals surface area (Å²) in [5.74, 6) is -0.738. The van der Waals surface area contributed by atoms with Crippen molar-refractivity contribution in [2.24, 2.45) is 0 Å². The smallest absolute Gasteiger partial charge is 0.435 e. The lowest BCUT2D eigenvalue weighted by atomic mass is 10.3. The molecule has 2 heterocycles. The van der Waals surface area contributed by atoms with E-state index in [1.165, 1.54) is 12.3 Å². The summed E-state index contributed by atoms with van der Waals surface area (Å²) in [4.78, 5) is 15.0. The number of hydrogen-bond donors (Lipinski definition) is 0. The van der Waals surface area contributed by atoms with Crippen molar-refractivity contribution in [2.75, 3.05) is 7.11 Å². The van der Waals surface area contributed by atoms with Crippen molar-refractivity contribution in [1.29, 1.82) is 0 Å². The molecule has 0 spiro atoms. The molecule has 0 unspecified atom stereocenters. The highest BCUT2D eigenvalue weighted by molar-refractivity contribution is 6.33. The summed E-state index contributed by atoms with van der Waals surface area (Å²) < 4.78 is 42.7. The van der Waals surface area contributed by atoms with Gasteiger partial charge in [-0.25, -0.2) is 14.5 Å². The highest BCUT2D eigenvalue weighted by Crippen LogP contribution is 2.28. The van der Waals surface area contributed by atoms with E-state index in [-0.39, 0.29) is 16.4 Å². The zero-order chi connectivity index (χ0) is 14.9. The van der Waals surface area contributed by atoms with Gasteiger partial charge in [-0.15, -0.1) is 0 Å². The average Bonchev–Trinajstić information content (AvgIpc) is 2.87. The lowest BCUT2D eigenvalue weighted by Gasteiger charge is -2.05. The Kier molecular flexibility index (Phi) is 3.67. The SMILES string of the molecule is COC(=O)c1ncc(-n2ccc(C(F)(F)F)n2)cc1Cl. The first-order chi connectivity index (χ1) is 9.32. The van der Waals surface area contributed by atoms with Gasteiger partial charge >= 0.3 is 12.1 Å². The van der Waals surface area contributed by atoms with Crippen molar-refractivity contribution in [3.8, 4) is 5.69 Å². The Hall–Kier alpha value is -2.09. The molecule has 0 aliphatic rings. The van der Waals surface area contributed by atoms with Crippen LogP contribution in [-0.2, 0) is 10.9 Å². The molecule has 0 bridgehead atoms. The predicted molar refractivity (Wildman–Crippen MR) is 62.7 cm³/mol. The first-order valence-electron chi connectivity index (χ1n) is 5.20. The molecule has 0 aliphatic carbocycles. The number of rotatable bonds is 2. The van der Waals surface area contributed by atoms with Crippen LogP contribution in [-0.4, -0.2) is 27.8 Å². The van der Waals surface area contributed by atoms with Crippen LogP contribution in [0.2, 0.25) is 5.02 Å². The molecule has 2 aromatic heterocycles. The molecule has 106 valence electrons. The second-order valence-corrected chi connectivity index (χ2v) is 4.07. The second kappa shape index (κ2) is 5.12. The lowest BCUT2D eigenvalue weighted by Crippen LogP contribution is -2.09. The summed E-state index contributed by atoms with van der Waals surface area (Å²) >= 11 is 5.82. The number of methoxy groups -OCH3 is 1. The molecule has 20 heavy (non-hydrogen) atoms. The maximum atomic E-state index is 12.4. The number of nitrogens with zero attached hydrogens (tertiary/aromatic N) is 3. The van der Waals surface area contributed by atoms with Crippen molar-refractivity contribution in [2.45, 2.75) is 6.18 Å². The monoisotopic (exact) mass is 305 g/mol. The zero-order valence-corrected chi connectivity index (χ0v) is 10.7. The fourth-order valence-electron chi connectivity index (χ4n) is 1.42. The van der Waals surface area contributed by atoms with E-state index >= 15 is 0 Å². The Bertz CT molecular complexity index is 655. The van der Waals surface area contributed by atoms with Crippen molar-refractivity contribution in [1.82, 2.24) is 14.8 Å². The zero-order valence-electron chi connectivity index (χ0n) is 9.98. The van der Waals surface area contributed by atoms with Crippen molar-refractivity contribution in [3.05, 3.63) is 40.9 Å². The molecular weight excluding hydrogens is 299 g/mol. The molecule has 0 radical (unpaired) electrons. The van der Waals surface area contributed by atoms with E-state index < -0.39 is 17.8 Å². The Balaban J connectivity index is 2.37. The van der Waals surface area contributed by atoms with Gasteiger partial charge in [0.25, 0.3) is 0 Å². The molecular formula is C11H7ClF3N3O2. The molecule has 5 nitrogen and oxygen atoms in total. The number of carbonyl (C=O) groups excluding carboxylic acids is 1. The fourth-order valence-corrected chi connectivity index (χ4v) is 1.66. The van der Waals surface area contributed by atoms with Crippen LogP contribution in [0.15, 0.2) is 24.5 Å². The topological polar surface area (TPSA) is 57.0 Å². The molecule has 0 atom stereocenters. The number of esters is 1. The van der Waals surface area contributed by atoms with Crippen LogP contribution in [0.4, 0.5) is 13.2 Å². The lowest BCUT2D eigenvalue weighted by molar-refractivity contribution is -0.141. The van der Waals surface area contributed by atoms with E-state index in [0.29, 0.717) is 0 Å². The van der Waals surface area contributed by atoms with E-state index in [0.717, 1.165) is 24.1 Å². The number of halogens is 4. The number of hydrogen-bond acceptors (Lipinski definition) is 4. The molecule has 2 rings (SSSR count). The van der Waals surface area contributed by atoms with Gasteiger partial charge < -0.3 is 4.74 Å². The Labute approximate surface area is 115 Å². The van der Waals surface area contributed by atoms with E-state index in [2.05, 4.69) is 14.8 Å². The van der Waals surface area contributed by atoms with Gasteiger partial charge in [-0.2, -0.15) is 18.3 Å². The summed E-state index contributed by atoms with van der Waals surface area (Å²) in [6.45, 7) is 0. The maximum absolute atomic E-state index is 12.4. The van der Waals surface area contributed by atoms with Crippen LogP contribution in [0.25, 0.3) is 5.69 Å². The molecule has 0 saturated carbocycles. The van der Waals surface area contributed by atoms with Crippen LogP contribution in [0.5, 0.6) is 0 Å². The molecule has 0 aromatic carbocycles. The van der Waals surface area contributed by atoms with Gasteiger partial charge in [-0.1, -0.05) is 11.6 Å². The minimum absolute atomic E-state index is 0.0431. The third kappa shape index (κ3) is 2.74. The predicted octanol–water partition coefficient (Wildman–Crippen LogP) is 2.73. The normalized spacial score (nSPS) is 11.4. The Morgan fingerprint density at radius 2 is 2.15 bits per heavy atom. The van der Waals surface area contributed by atoms with Crippen molar-refractivity contribution < 1.29 is 22.7 Å². The molecule has 2 aromatic rings. The van der Waals surface area contributed by atoms with Gasteiger partial charge in [-0.3, -0.25) is 0 Å². The Morgan fingerprint density at radius 3 is 2.65 bits per heavy atom. The van der Waals surface area contributed by atoms with Crippen LogP contribution in [0, 0.1) is 0 Å². The minimum Gasteiger partial charge on any atom is -0.464 e. The molecule has 0 amide bonds. The van der Waals surface area contributed by atoms with Crippen LogP contribution >= 0.6 is 11.6 Å². The quantitative estimate of drug-likeness (QED) is 0.801. The third-order valence-electron chi connectivity index (χ3n) is 2.35. The summed E-state index contributed by atoms with van der Waals surface area (Å²) in [6, 6.07) is 2.09. The van der Waals surface area contributed by atoms with Crippen LogP contribution in [0.1, 0.15) is 16.2 Å². The summed E-state index contributed by atoms with van der Waals surface area (Å²) in [5, 5.41) is 3.32. The van der Waals surface area contributed by atoms with Crippen molar-refractivity contribution >= 4 is 17.6 Å². The average molecular weight is 306 g/mol. The van der Waals surface area contributed by atoms with Gasteiger partial charge in [-0.05, 0) is 12.1 Å². The molecule has 0 N–H and O–H groups in total. The highest BCUT2D eigenvalue weighted by atomic mass is 35.5. The summed E-state index contributed by atoms with van der Waals surface area (Å²) in [7, 11) is 1.16. The number of alkyl halides is 3. The number of ether oxygens (including phenoxy) is 1. The standard InChI is InChI=1S/C11H7ClF3N3O2/c1-20-10(19)9-7(12)4-6(5-16-9)18-3-2-8(17-18)11(13,14)15/h2-5H,1H3. The van der Waals surface area contributed by atoms with E-state index in [4.69, 9.17) is 11.6 Å². The molecule has 0 aliphatic heterocycles. The molecule has 9 heteroatoms. The fraction of sp³-hybridized carbons (Fsp3) is 0.182. The van der Waals surface area contributed by atoms with E-state index in [1.807, 2.05) is 0 Å². The maximum Gasteiger partial charge on any atom is 0.435 e. The molecule has 0 saturated heterocycles. The van der Waals surface area contributed by atoms with Gasteiger partial charge in [0.05, 0.1) is 24.0 Å². The van der Waals surface area contributed by atoms with Crippen LogP contribution < -0.4 is 0 Å². The molecule has 0 fully saturated rings. The van der Waals surface area contributed by atoms with Gasteiger partial charge in [0.15, 0.2) is 11.4 Å². The highest BCUT2D eigenvalue weighted by Gasteiger charge is 2.33. The largest absolute Gasteiger partial charge is 0.464 e. The number of carbonyl (C=O) groups is 1. The van der Waals surface area contributed by atoms with E-state index in [1.54, 1.807) is 0 Å². The summed E-state index contributed by atoms with van der Waals surface area (Å²) in [5.41, 5.74) is -0.968. The first-order valence-corrected chi connectivity index (χ1v) is 5.58. The van der Waals surface area contributed by atoms with Gasteiger partial charge in [0.2, 0.25) is 0 Å². The first kappa shape index (κ1) is 14.3. The van der Waals surface area contributed by atoms with Gasteiger partial charge in [0, 0.05) is 6.20 Å². The second-order valence-electron chi connectivity index (χ2n) is 3.66. The number of pyridine rings is 1. The van der Waals surface area contributed by atoms with E-state index in [9.17, 15) is 18.0 Å². The Morgan fingerprint density at radius 1 is 1.45 bits per heavy atom. The summed E-state index contributed by atoms with van der Waals surface area (Å²) in [6.07, 6.45) is -2.24. The number of aromatic nitrogens is 3.